The van der Waals surface area contributed by atoms with Crippen LogP contribution in [0.5, 0.6) is 0 Å². The fraction of sp³-hybridized carbons (Fsp3) is 0.455. The second kappa shape index (κ2) is 8.70. The number of hydrogen-bond donors (Lipinski definition) is 0. The summed E-state index contributed by atoms with van der Waals surface area (Å²) >= 11 is 0. The lowest BCUT2D eigenvalue weighted by Crippen LogP contribution is -2.65. The number of imide groups is 1. The SMILES string of the molecule is CCOCCN1C(=O)C2C(N=C(n3nc(C)cc3C)N2Cc2ccc(F)cc2)N(C)C1=O. The first-order valence-electron chi connectivity index (χ1n) is 10.6. The molecule has 4 rings (SSSR count). The largest absolute Gasteiger partial charge is 0.380 e. The molecule has 0 bridgehead atoms. The highest BCUT2D eigenvalue weighted by molar-refractivity contribution is 6.04. The molecule has 3 amide bonds. The summed E-state index contributed by atoms with van der Waals surface area (Å²) in [4.78, 5) is 35.7. The second-order valence-electron chi connectivity index (χ2n) is 7.96. The number of aryl methyl sites for hydroxylation is 2. The highest BCUT2D eigenvalue weighted by Gasteiger charge is 2.52. The van der Waals surface area contributed by atoms with Gasteiger partial charge in [-0.05, 0) is 44.5 Å². The highest BCUT2D eigenvalue weighted by Crippen LogP contribution is 2.30. The van der Waals surface area contributed by atoms with Crippen molar-refractivity contribution in [3.05, 3.63) is 53.1 Å². The summed E-state index contributed by atoms with van der Waals surface area (Å²) in [7, 11) is 1.64. The molecule has 0 radical (unpaired) electrons. The molecule has 1 fully saturated rings. The zero-order chi connectivity index (χ0) is 23.0. The van der Waals surface area contributed by atoms with Crippen LogP contribution in [-0.4, -0.2) is 81.4 Å². The summed E-state index contributed by atoms with van der Waals surface area (Å²) in [6, 6.07) is 6.92. The van der Waals surface area contributed by atoms with E-state index in [9.17, 15) is 14.0 Å². The topological polar surface area (TPSA) is 83.3 Å². The summed E-state index contributed by atoms with van der Waals surface area (Å²) in [6.45, 7) is 6.89. The molecule has 0 aliphatic carbocycles. The van der Waals surface area contributed by atoms with Crippen molar-refractivity contribution in [1.29, 1.82) is 0 Å². The van der Waals surface area contributed by atoms with Crippen LogP contribution in [0.4, 0.5) is 9.18 Å². The summed E-state index contributed by atoms with van der Waals surface area (Å²) in [6.07, 6.45) is -0.683. The van der Waals surface area contributed by atoms with Gasteiger partial charge in [0.15, 0.2) is 12.2 Å². The normalized spacial score (nSPS) is 20.8. The van der Waals surface area contributed by atoms with E-state index < -0.39 is 18.2 Å². The molecular formula is C22H27FN6O3. The molecule has 3 heterocycles. The van der Waals surface area contributed by atoms with Crippen LogP contribution in [0, 0.1) is 19.7 Å². The first-order chi connectivity index (χ1) is 15.3. The summed E-state index contributed by atoms with van der Waals surface area (Å²) < 4.78 is 20.5. The van der Waals surface area contributed by atoms with Gasteiger partial charge < -0.3 is 14.5 Å². The lowest BCUT2D eigenvalue weighted by molar-refractivity contribution is -0.138. The molecule has 32 heavy (non-hydrogen) atoms. The molecular weight excluding hydrogens is 415 g/mol. The van der Waals surface area contributed by atoms with Gasteiger partial charge in [0.05, 0.1) is 18.8 Å². The van der Waals surface area contributed by atoms with Crippen LogP contribution in [0.25, 0.3) is 0 Å². The van der Waals surface area contributed by atoms with Crippen molar-refractivity contribution in [3.63, 3.8) is 0 Å². The number of amides is 3. The van der Waals surface area contributed by atoms with Gasteiger partial charge in [-0.25, -0.2) is 18.9 Å². The van der Waals surface area contributed by atoms with E-state index in [0.717, 1.165) is 17.0 Å². The van der Waals surface area contributed by atoms with Gasteiger partial charge in [-0.3, -0.25) is 9.69 Å². The van der Waals surface area contributed by atoms with Crippen LogP contribution in [0.3, 0.4) is 0 Å². The number of halogens is 1. The molecule has 1 aromatic heterocycles. The Morgan fingerprint density at radius 3 is 2.50 bits per heavy atom. The molecule has 9 nitrogen and oxygen atoms in total. The predicted molar refractivity (Wildman–Crippen MR) is 115 cm³/mol. The molecule has 2 aliphatic heterocycles. The Bertz CT molecular complexity index is 1050. The standard InChI is InChI=1S/C22H27FN6O3/c1-5-32-11-10-27-20(30)18-19(26(4)22(27)31)24-21(29-15(3)12-14(2)25-29)28(18)13-16-6-8-17(23)9-7-16/h6-9,12,18-19H,5,10-11,13H2,1-4H3. The van der Waals surface area contributed by atoms with Crippen molar-refractivity contribution in [3.8, 4) is 0 Å². The van der Waals surface area contributed by atoms with E-state index in [-0.39, 0.29) is 24.9 Å². The van der Waals surface area contributed by atoms with Crippen molar-refractivity contribution < 1.29 is 18.7 Å². The number of aromatic nitrogens is 2. The number of carbonyl (C=O) groups is 2. The van der Waals surface area contributed by atoms with Gasteiger partial charge in [-0.15, -0.1) is 0 Å². The van der Waals surface area contributed by atoms with Gasteiger partial charge in [-0.1, -0.05) is 12.1 Å². The van der Waals surface area contributed by atoms with Crippen LogP contribution in [-0.2, 0) is 16.1 Å². The van der Waals surface area contributed by atoms with Crippen LogP contribution in [0.1, 0.15) is 23.9 Å². The van der Waals surface area contributed by atoms with Crippen LogP contribution in [0.2, 0.25) is 0 Å². The Morgan fingerprint density at radius 1 is 1.16 bits per heavy atom. The minimum absolute atomic E-state index is 0.165. The monoisotopic (exact) mass is 442 g/mol. The number of hydrogen-bond acceptors (Lipinski definition) is 6. The minimum Gasteiger partial charge on any atom is -0.380 e. The smallest absolute Gasteiger partial charge is 0.328 e. The zero-order valence-corrected chi connectivity index (χ0v) is 18.7. The molecule has 170 valence electrons. The third-order valence-corrected chi connectivity index (χ3v) is 5.70. The number of likely N-dealkylation sites (N-methyl/N-ethyl adjacent to an activating group) is 1. The van der Waals surface area contributed by atoms with Crippen LogP contribution in [0.15, 0.2) is 35.3 Å². The van der Waals surface area contributed by atoms with E-state index in [1.54, 1.807) is 23.9 Å². The maximum Gasteiger partial charge on any atom is 0.328 e. The Hall–Kier alpha value is -3.27. The van der Waals surface area contributed by atoms with Crippen molar-refractivity contribution in [2.45, 2.75) is 39.5 Å². The molecule has 2 unspecified atom stereocenters. The Balaban J connectivity index is 1.72. The van der Waals surface area contributed by atoms with E-state index in [1.165, 1.54) is 21.9 Å². The third kappa shape index (κ3) is 3.86. The van der Waals surface area contributed by atoms with Gasteiger partial charge in [0, 0.05) is 25.9 Å². The van der Waals surface area contributed by atoms with E-state index in [4.69, 9.17) is 9.73 Å². The van der Waals surface area contributed by atoms with Crippen molar-refractivity contribution >= 4 is 17.9 Å². The summed E-state index contributed by atoms with van der Waals surface area (Å²) in [5, 5.41) is 4.54. The number of carbonyl (C=O) groups excluding carboxylic acids is 2. The fourth-order valence-electron chi connectivity index (χ4n) is 4.13. The molecule has 0 spiro atoms. The lowest BCUT2D eigenvalue weighted by Gasteiger charge is -2.41. The summed E-state index contributed by atoms with van der Waals surface area (Å²) in [5.41, 5.74) is 2.49. The number of benzene rings is 1. The number of fused-ring (bicyclic) bond motifs is 1. The number of urea groups is 1. The molecule has 2 aromatic rings. The van der Waals surface area contributed by atoms with E-state index >= 15 is 0 Å². The average Bonchev–Trinajstić information content (AvgIpc) is 3.30. The molecule has 1 saturated heterocycles. The molecule has 2 atom stereocenters. The van der Waals surface area contributed by atoms with E-state index in [1.807, 2.05) is 31.7 Å². The zero-order valence-electron chi connectivity index (χ0n) is 18.7. The maximum absolute atomic E-state index is 13.5. The van der Waals surface area contributed by atoms with Gasteiger partial charge >= 0.3 is 6.03 Å². The van der Waals surface area contributed by atoms with Crippen molar-refractivity contribution in [2.75, 3.05) is 26.8 Å². The Morgan fingerprint density at radius 2 is 1.88 bits per heavy atom. The Kier molecular flexibility index (Phi) is 5.96. The predicted octanol–water partition coefficient (Wildman–Crippen LogP) is 1.98. The fourth-order valence-corrected chi connectivity index (χ4v) is 4.13. The number of nitrogens with zero attached hydrogens (tertiary/aromatic N) is 6. The lowest BCUT2D eigenvalue weighted by atomic mass is 10.1. The number of ether oxygens (including phenoxy) is 1. The molecule has 0 saturated carbocycles. The number of aliphatic imine (C=N–C) groups is 1. The maximum atomic E-state index is 13.5. The highest BCUT2D eigenvalue weighted by atomic mass is 19.1. The van der Waals surface area contributed by atoms with Crippen molar-refractivity contribution in [1.82, 2.24) is 24.5 Å². The van der Waals surface area contributed by atoms with Crippen LogP contribution < -0.4 is 0 Å². The first-order valence-corrected chi connectivity index (χ1v) is 10.6. The molecule has 2 aliphatic rings. The third-order valence-electron chi connectivity index (χ3n) is 5.70. The molecule has 0 N–H and O–H groups in total. The molecule has 10 heteroatoms. The van der Waals surface area contributed by atoms with Crippen LogP contribution >= 0.6 is 0 Å². The number of rotatable bonds is 6. The first kappa shape index (κ1) is 21.9. The quantitative estimate of drug-likeness (QED) is 0.639. The minimum atomic E-state index is -0.719. The van der Waals surface area contributed by atoms with Gasteiger partial charge in [0.2, 0.25) is 5.96 Å². The van der Waals surface area contributed by atoms with Gasteiger partial charge in [0.25, 0.3) is 5.91 Å². The molecule has 1 aromatic carbocycles. The van der Waals surface area contributed by atoms with Crippen molar-refractivity contribution in [2.24, 2.45) is 4.99 Å². The van der Waals surface area contributed by atoms with E-state index in [0.29, 0.717) is 19.1 Å². The van der Waals surface area contributed by atoms with E-state index in [2.05, 4.69) is 5.10 Å². The Labute approximate surface area is 186 Å². The average molecular weight is 442 g/mol. The van der Waals surface area contributed by atoms with Gasteiger partial charge in [0.1, 0.15) is 5.82 Å². The van der Waals surface area contributed by atoms with Gasteiger partial charge in [-0.2, -0.15) is 5.10 Å². The summed E-state index contributed by atoms with van der Waals surface area (Å²) in [5.74, 6) is -0.184. The second-order valence-corrected chi connectivity index (χ2v) is 7.96.